The normalized spacial score (nSPS) is 10.3. The fourth-order valence-corrected chi connectivity index (χ4v) is 7.30. The van der Waals surface area contributed by atoms with E-state index in [0.717, 1.165) is 23.6 Å². The summed E-state index contributed by atoms with van der Waals surface area (Å²) in [6, 6.07) is 50.4. The van der Waals surface area contributed by atoms with Crippen LogP contribution in [0.1, 0.15) is 61.1 Å². The molecule has 0 aliphatic heterocycles. The highest BCUT2D eigenvalue weighted by molar-refractivity contribution is 6.18. The fraction of sp³-hybridized carbons (Fsp3) is 0.259. The number of aromatic amines is 1. The van der Waals surface area contributed by atoms with Gasteiger partial charge in [-0.15, -0.1) is 34.8 Å². The molecular weight excluding hydrogens is 815 g/mol. The molecule has 6 aromatic carbocycles. The Morgan fingerprint density at radius 3 is 1.52 bits per heavy atom. The Bertz CT molecular complexity index is 2470. The molecule has 61 heavy (non-hydrogen) atoms. The van der Waals surface area contributed by atoms with Crippen molar-refractivity contribution in [1.82, 2.24) is 9.55 Å². The molecule has 0 amide bonds. The van der Waals surface area contributed by atoms with Gasteiger partial charge in [-0.05, 0) is 110 Å². The fourth-order valence-electron chi connectivity index (χ4n) is 6.96. The highest BCUT2D eigenvalue weighted by atomic mass is 35.5. The smallest absolute Gasteiger partial charge is 0.119 e. The van der Waals surface area contributed by atoms with Crippen molar-refractivity contribution in [2.45, 2.75) is 67.8 Å². The Hall–Kier alpha value is -5.13. The molecule has 0 atom stereocenters. The maximum Gasteiger partial charge on any atom is 0.119 e. The zero-order valence-electron chi connectivity index (χ0n) is 37.0. The molecule has 0 saturated carbocycles. The zero-order chi connectivity index (χ0) is 44.1. The summed E-state index contributed by atoms with van der Waals surface area (Å²) in [5.41, 5.74) is 15.1. The molecule has 0 fully saturated rings. The summed E-state index contributed by atoms with van der Waals surface area (Å²) in [4.78, 5) is 3.51. The van der Waals surface area contributed by atoms with Gasteiger partial charge in [0.2, 0.25) is 0 Å². The molecule has 0 aliphatic carbocycles. The van der Waals surface area contributed by atoms with Gasteiger partial charge in [0.1, 0.15) is 24.7 Å². The van der Waals surface area contributed by atoms with Crippen molar-refractivity contribution in [3.63, 3.8) is 0 Å². The number of nitrogens with zero attached hydrogens (tertiary/aromatic N) is 1. The first-order valence-electron chi connectivity index (χ1n) is 21.2. The number of H-pyrrole nitrogens is 1. The van der Waals surface area contributed by atoms with E-state index >= 15 is 0 Å². The lowest BCUT2D eigenvalue weighted by molar-refractivity contribution is 0.342. The van der Waals surface area contributed by atoms with E-state index in [9.17, 15) is 0 Å². The molecule has 4 nitrogen and oxygen atoms in total. The summed E-state index contributed by atoms with van der Waals surface area (Å²) in [6.07, 6.45) is 0. The molecule has 0 spiro atoms. The van der Waals surface area contributed by atoms with Crippen LogP contribution in [0.2, 0.25) is 0 Å². The van der Waals surface area contributed by atoms with Crippen molar-refractivity contribution in [2.24, 2.45) is 0 Å². The molecule has 0 bridgehead atoms. The van der Waals surface area contributed by atoms with Crippen LogP contribution in [0.3, 0.4) is 0 Å². The van der Waals surface area contributed by atoms with Gasteiger partial charge < -0.3 is 19.0 Å². The van der Waals surface area contributed by atoms with Crippen molar-refractivity contribution >= 4 is 56.6 Å². The number of hydrogen-bond acceptors (Lipinski definition) is 2. The van der Waals surface area contributed by atoms with E-state index in [1.54, 1.807) is 0 Å². The molecule has 0 saturated heterocycles. The molecule has 8 rings (SSSR count). The Labute approximate surface area is 379 Å². The monoisotopic (exact) mass is 874 g/mol. The zero-order valence-corrected chi connectivity index (χ0v) is 39.3. The summed E-state index contributed by atoms with van der Waals surface area (Å²) in [7, 11) is 0. The van der Waals surface area contributed by atoms with Gasteiger partial charge in [-0.2, -0.15) is 0 Å². The molecule has 320 valence electrons. The lowest BCUT2D eigenvalue weighted by atomic mass is 10.1. The van der Waals surface area contributed by atoms with Crippen LogP contribution in [0.4, 0.5) is 0 Å². The average Bonchev–Trinajstić information content (AvgIpc) is 3.78. The molecule has 2 heterocycles. The van der Waals surface area contributed by atoms with E-state index in [-0.39, 0.29) is 0 Å². The van der Waals surface area contributed by atoms with E-state index in [1.165, 1.54) is 72.1 Å². The number of fused-ring (bicyclic) bond motifs is 2. The Morgan fingerprint density at radius 2 is 1.00 bits per heavy atom. The van der Waals surface area contributed by atoms with Crippen LogP contribution in [0.15, 0.2) is 146 Å². The largest absolute Gasteiger partial charge is 0.492 e. The molecule has 0 aliphatic rings. The van der Waals surface area contributed by atoms with E-state index in [4.69, 9.17) is 44.3 Å². The van der Waals surface area contributed by atoms with Crippen molar-refractivity contribution in [3.8, 4) is 34.0 Å². The maximum atomic E-state index is 5.71. The lowest BCUT2D eigenvalue weighted by Crippen LogP contribution is -2.03. The standard InChI is InChI=1S/C25H24ClNO.C16H15N.C9H10Cl2O.2C2H6/c1-18-8-13-24-23(16-18)19(2)25(21-6-4-3-5-7-21)27(24)17-20-9-11-22(12-10-20)28-15-14-26;1-11-8-9-15-14(10-11)12(2)16(17-15)13-6-4-3-5-7-13;10-5-6-12-9-3-1-8(7-11)2-4-9;2*1-2/h3-13,16H,14-15,17H2,1-2H3;3-10,17H,1-2H3;1-4H,5-7H2;2*1-2H3. The Morgan fingerprint density at radius 1 is 0.508 bits per heavy atom. The van der Waals surface area contributed by atoms with Crippen LogP contribution in [-0.4, -0.2) is 34.5 Å². The first kappa shape index (κ1) is 48.5. The molecule has 0 unspecified atom stereocenters. The second kappa shape index (κ2) is 25.6. The summed E-state index contributed by atoms with van der Waals surface area (Å²) in [6.45, 7) is 18.6. The molecule has 7 heteroatoms. The third-order valence-electron chi connectivity index (χ3n) is 9.83. The van der Waals surface area contributed by atoms with Gasteiger partial charge >= 0.3 is 0 Å². The van der Waals surface area contributed by atoms with Gasteiger partial charge in [0.05, 0.1) is 17.5 Å². The second-order valence-electron chi connectivity index (χ2n) is 14.0. The number of alkyl halides is 3. The number of nitrogens with one attached hydrogen (secondary N) is 1. The molecule has 0 radical (unpaired) electrons. The van der Waals surface area contributed by atoms with Crippen molar-refractivity contribution < 1.29 is 9.47 Å². The van der Waals surface area contributed by atoms with E-state index in [1.807, 2.05) is 70.2 Å². The number of hydrogen-bond donors (Lipinski definition) is 1. The van der Waals surface area contributed by atoms with Crippen LogP contribution >= 0.6 is 34.8 Å². The topological polar surface area (TPSA) is 39.2 Å². The number of benzene rings is 6. The minimum absolute atomic E-state index is 0.496. The lowest BCUT2D eigenvalue weighted by Gasteiger charge is -2.13. The number of aryl methyl sites for hydroxylation is 4. The van der Waals surface area contributed by atoms with Gasteiger partial charge in [0, 0.05) is 39.9 Å². The van der Waals surface area contributed by atoms with Gasteiger partial charge in [0.15, 0.2) is 0 Å². The molecular formula is C54H61Cl3N2O2. The second-order valence-corrected chi connectivity index (χ2v) is 15.0. The Balaban J connectivity index is 0.000000211. The summed E-state index contributed by atoms with van der Waals surface area (Å²) in [5.74, 6) is 3.24. The number of aromatic nitrogens is 2. The first-order chi connectivity index (χ1) is 29.8. The summed E-state index contributed by atoms with van der Waals surface area (Å²) >= 11 is 16.8. The van der Waals surface area contributed by atoms with Crippen molar-refractivity contribution in [1.29, 1.82) is 0 Å². The quantitative estimate of drug-likeness (QED) is 0.132. The van der Waals surface area contributed by atoms with Crippen LogP contribution in [0, 0.1) is 27.7 Å². The third-order valence-corrected chi connectivity index (χ3v) is 10.4. The third kappa shape index (κ3) is 13.4. The van der Waals surface area contributed by atoms with Crippen LogP contribution in [0.5, 0.6) is 11.5 Å². The van der Waals surface area contributed by atoms with Crippen molar-refractivity contribution in [3.05, 3.63) is 179 Å². The van der Waals surface area contributed by atoms with Crippen molar-refractivity contribution in [2.75, 3.05) is 25.0 Å². The predicted octanol–water partition coefficient (Wildman–Crippen LogP) is 16.1. The van der Waals surface area contributed by atoms with Gasteiger partial charge in [-0.3, -0.25) is 0 Å². The SMILES string of the molecule is CC.CC.Cc1ccc2[nH]c(-c3ccccc3)c(C)c2c1.Cc1ccc2c(c1)c(C)c(-c1ccccc1)n2Cc1ccc(OCCCl)cc1.ClCCOc1ccc(CCl)cc1. The molecule has 2 aromatic heterocycles. The van der Waals surface area contributed by atoms with Gasteiger partial charge in [-0.1, -0.05) is 136 Å². The van der Waals surface area contributed by atoms with E-state index in [0.29, 0.717) is 30.9 Å². The minimum atomic E-state index is 0.496. The van der Waals surface area contributed by atoms with Crippen LogP contribution < -0.4 is 9.47 Å². The number of ether oxygens (including phenoxy) is 2. The van der Waals surface area contributed by atoms with Crippen LogP contribution in [-0.2, 0) is 12.4 Å². The number of halogens is 3. The van der Waals surface area contributed by atoms with Crippen LogP contribution in [0.25, 0.3) is 44.3 Å². The van der Waals surface area contributed by atoms with Gasteiger partial charge in [0.25, 0.3) is 0 Å². The average molecular weight is 876 g/mol. The number of rotatable bonds is 11. The van der Waals surface area contributed by atoms with E-state index < -0.39 is 0 Å². The highest BCUT2D eigenvalue weighted by Crippen LogP contribution is 2.35. The Kier molecular flexibility index (Phi) is 20.4. The highest BCUT2D eigenvalue weighted by Gasteiger charge is 2.16. The first-order valence-corrected chi connectivity index (χ1v) is 22.8. The molecule has 1 N–H and O–H groups in total. The summed E-state index contributed by atoms with van der Waals surface area (Å²) in [5, 5.41) is 2.64. The van der Waals surface area contributed by atoms with E-state index in [2.05, 4.69) is 140 Å². The van der Waals surface area contributed by atoms with Gasteiger partial charge in [-0.25, -0.2) is 0 Å². The summed E-state index contributed by atoms with van der Waals surface area (Å²) < 4.78 is 13.3. The molecule has 8 aromatic rings. The minimum Gasteiger partial charge on any atom is -0.492 e. The maximum absolute atomic E-state index is 5.71. The predicted molar refractivity (Wildman–Crippen MR) is 267 cm³/mol.